The number of nitrogens with one attached hydrogen (secondary N) is 1. The summed E-state index contributed by atoms with van der Waals surface area (Å²) in [6.45, 7) is 0. The Kier molecular flexibility index (Phi) is 4.36. The molecule has 1 aliphatic carbocycles. The molecule has 8 nitrogen and oxygen atoms in total. The minimum atomic E-state index is -0.0635. The van der Waals surface area contributed by atoms with Crippen molar-refractivity contribution < 1.29 is 4.42 Å². The molecule has 4 aromatic rings. The van der Waals surface area contributed by atoms with Gasteiger partial charge in [-0.15, -0.1) is 11.3 Å². The van der Waals surface area contributed by atoms with Gasteiger partial charge in [-0.25, -0.2) is 4.98 Å². The van der Waals surface area contributed by atoms with E-state index in [9.17, 15) is 4.79 Å². The summed E-state index contributed by atoms with van der Waals surface area (Å²) in [6.07, 6.45) is 5.87. The van der Waals surface area contributed by atoms with E-state index in [1.54, 1.807) is 29.7 Å². The number of anilines is 1. The normalized spacial score (nSPS) is 13.7. The molecule has 0 saturated carbocycles. The van der Waals surface area contributed by atoms with Gasteiger partial charge in [0.25, 0.3) is 5.56 Å². The molecule has 0 aliphatic heterocycles. The fraction of sp³-hybridized carbons (Fsp3) is 0.278. The molecular formula is C18H16N6O2S2. The fourth-order valence-corrected chi connectivity index (χ4v) is 5.35. The van der Waals surface area contributed by atoms with Crippen molar-refractivity contribution in [3.63, 3.8) is 0 Å². The summed E-state index contributed by atoms with van der Waals surface area (Å²) in [4.78, 5) is 35.0. The molecule has 0 bridgehead atoms. The zero-order valence-electron chi connectivity index (χ0n) is 14.8. The van der Waals surface area contributed by atoms with E-state index in [-0.39, 0.29) is 11.5 Å². The van der Waals surface area contributed by atoms with Crippen LogP contribution in [0.2, 0.25) is 0 Å². The average molecular weight is 413 g/mol. The first-order valence-electron chi connectivity index (χ1n) is 8.89. The monoisotopic (exact) mass is 412 g/mol. The maximum atomic E-state index is 12.6. The Balaban J connectivity index is 1.43. The van der Waals surface area contributed by atoms with Gasteiger partial charge in [0, 0.05) is 4.88 Å². The van der Waals surface area contributed by atoms with Crippen LogP contribution in [-0.4, -0.2) is 24.9 Å². The van der Waals surface area contributed by atoms with E-state index in [1.807, 2.05) is 0 Å². The molecule has 28 heavy (non-hydrogen) atoms. The third-order valence-corrected chi connectivity index (χ3v) is 6.63. The molecule has 0 radical (unpaired) electrons. The number of furan rings is 1. The summed E-state index contributed by atoms with van der Waals surface area (Å²) in [6, 6.07) is 3.52. The maximum Gasteiger partial charge on any atom is 0.259 e. The first-order chi connectivity index (χ1) is 13.7. The van der Waals surface area contributed by atoms with Gasteiger partial charge >= 0.3 is 0 Å². The van der Waals surface area contributed by atoms with Gasteiger partial charge in [0.2, 0.25) is 11.8 Å². The zero-order valence-corrected chi connectivity index (χ0v) is 16.4. The van der Waals surface area contributed by atoms with Gasteiger partial charge in [0.1, 0.15) is 10.7 Å². The zero-order chi connectivity index (χ0) is 19.1. The van der Waals surface area contributed by atoms with Gasteiger partial charge in [0.15, 0.2) is 10.9 Å². The van der Waals surface area contributed by atoms with E-state index in [2.05, 4.69) is 24.9 Å². The minimum Gasteiger partial charge on any atom is -0.461 e. The first-order valence-corrected chi connectivity index (χ1v) is 10.7. The van der Waals surface area contributed by atoms with Crippen LogP contribution in [0.4, 0.5) is 5.95 Å². The van der Waals surface area contributed by atoms with Crippen molar-refractivity contribution in [3.8, 4) is 11.6 Å². The Morgan fingerprint density at radius 3 is 2.96 bits per heavy atom. The highest BCUT2D eigenvalue weighted by Gasteiger charge is 2.20. The topological polar surface area (TPSA) is 124 Å². The SMILES string of the molecule is Nc1nc(SCc2nc3sc4c(c3c(=O)[nH]2)CCCC4)nc(-c2ccco2)n1. The predicted molar refractivity (Wildman–Crippen MR) is 108 cm³/mol. The number of H-pyrrole nitrogens is 1. The smallest absolute Gasteiger partial charge is 0.259 e. The molecule has 4 heterocycles. The third kappa shape index (κ3) is 3.18. The number of aryl methyl sites for hydroxylation is 2. The standard InChI is InChI=1S/C18H16N6O2S2/c19-17-22-14(10-5-3-7-26-10)23-18(24-17)27-8-12-20-15(25)13-9-4-1-2-6-11(9)28-16(13)21-12/h3,5,7H,1-2,4,6,8H2,(H,20,21,25)(H2,19,22,23,24). The van der Waals surface area contributed by atoms with E-state index >= 15 is 0 Å². The summed E-state index contributed by atoms with van der Waals surface area (Å²) in [5.74, 6) is 2.04. The van der Waals surface area contributed by atoms with Crippen molar-refractivity contribution in [2.45, 2.75) is 36.6 Å². The van der Waals surface area contributed by atoms with Gasteiger partial charge in [-0.1, -0.05) is 11.8 Å². The van der Waals surface area contributed by atoms with Crippen molar-refractivity contribution in [2.24, 2.45) is 0 Å². The molecule has 5 rings (SSSR count). The Labute approximate surface area is 167 Å². The average Bonchev–Trinajstić information content (AvgIpc) is 3.33. The number of fused-ring (bicyclic) bond motifs is 3. The molecule has 0 amide bonds. The number of aromatic nitrogens is 5. The van der Waals surface area contributed by atoms with Gasteiger partial charge in [0.05, 0.1) is 17.4 Å². The van der Waals surface area contributed by atoms with Crippen LogP contribution in [0.25, 0.3) is 21.8 Å². The Morgan fingerprint density at radius 2 is 2.11 bits per heavy atom. The van der Waals surface area contributed by atoms with E-state index in [1.165, 1.54) is 28.6 Å². The molecule has 0 atom stereocenters. The number of hydrogen-bond donors (Lipinski definition) is 2. The van der Waals surface area contributed by atoms with Gasteiger partial charge in [-0.2, -0.15) is 15.0 Å². The molecule has 4 aromatic heterocycles. The van der Waals surface area contributed by atoms with Gasteiger partial charge in [-0.3, -0.25) is 4.79 Å². The van der Waals surface area contributed by atoms with E-state index in [4.69, 9.17) is 10.2 Å². The van der Waals surface area contributed by atoms with Crippen molar-refractivity contribution in [2.75, 3.05) is 5.73 Å². The molecule has 142 valence electrons. The lowest BCUT2D eigenvalue weighted by Gasteiger charge is -2.09. The summed E-state index contributed by atoms with van der Waals surface area (Å²) in [7, 11) is 0. The molecule has 3 N–H and O–H groups in total. The quantitative estimate of drug-likeness (QED) is 0.490. The van der Waals surface area contributed by atoms with Crippen LogP contribution in [0.1, 0.15) is 29.1 Å². The summed E-state index contributed by atoms with van der Waals surface area (Å²) in [5.41, 5.74) is 6.92. The fourth-order valence-electron chi connectivity index (χ4n) is 3.36. The molecule has 0 saturated heterocycles. The predicted octanol–water partition coefficient (Wildman–Crippen LogP) is 3.18. The lowest BCUT2D eigenvalue weighted by Crippen LogP contribution is -2.12. The van der Waals surface area contributed by atoms with Crippen LogP contribution in [0.15, 0.2) is 32.8 Å². The molecule has 0 unspecified atom stereocenters. The largest absolute Gasteiger partial charge is 0.461 e. The number of aromatic amines is 1. The molecule has 0 fully saturated rings. The lowest BCUT2D eigenvalue weighted by atomic mass is 9.97. The number of hydrogen-bond acceptors (Lipinski definition) is 9. The van der Waals surface area contributed by atoms with E-state index < -0.39 is 0 Å². The van der Waals surface area contributed by atoms with Crippen LogP contribution < -0.4 is 11.3 Å². The Bertz CT molecular complexity index is 1220. The number of rotatable bonds is 4. The summed E-state index contributed by atoms with van der Waals surface area (Å²) in [5, 5.41) is 1.21. The highest BCUT2D eigenvalue weighted by Crippen LogP contribution is 2.33. The molecular weight excluding hydrogens is 396 g/mol. The number of nitrogens with two attached hydrogens (primary N) is 1. The van der Waals surface area contributed by atoms with Crippen molar-refractivity contribution in [1.82, 2.24) is 24.9 Å². The maximum absolute atomic E-state index is 12.6. The summed E-state index contributed by atoms with van der Waals surface area (Å²) < 4.78 is 5.32. The second-order valence-corrected chi connectivity index (χ2v) is 8.50. The second-order valence-electron chi connectivity index (χ2n) is 6.47. The molecule has 1 aliphatic rings. The summed E-state index contributed by atoms with van der Waals surface area (Å²) >= 11 is 2.98. The molecule has 0 aromatic carbocycles. The van der Waals surface area contributed by atoms with Gasteiger partial charge < -0.3 is 15.1 Å². The van der Waals surface area contributed by atoms with E-state index in [0.29, 0.717) is 28.3 Å². The van der Waals surface area contributed by atoms with Crippen LogP contribution in [-0.2, 0) is 18.6 Å². The molecule has 0 spiro atoms. The van der Waals surface area contributed by atoms with Crippen LogP contribution in [0.5, 0.6) is 0 Å². The number of thioether (sulfide) groups is 1. The van der Waals surface area contributed by atoms with Crippen LogP contribution in [0, 0.1) is 0 Å². The minimum absolute atomic E-state index is 0.0635. The number of nitrogen functional groups attached to an aromatic ring is 1. The lowest BCUT2D eigenvalue weighted by molar-refractivity contribution is 0.575. The second kappa shape index (κ2) is 7.02. The first kappa shape index (κ1) is 17.4. The highest BCUT2D eigenvalue weighted by atomic mass is 32.2. The highest BCUT2D eigenvalue weighted by molar-refractivity contribution is 7.98. The van der Waals surface area contributed by atoms with Crippen molar-refractivity contribution >= 4 is 39.3 Å². The number of nitrogens with zero attached hydrogens (tertiary/aromatic N) is 4. The van der Waals surface area contributed by atoms with Crippen molar-refractivity contribution in [1.29, 1.82) is 0 Å². The molecule has 10 heteroatoms. The van der Waals surface area contributed by atoms with E-state index in [0.717, 1.165) is 29.5 Å². The number of thiophene rings is 1. The van der Waals surface area contributed by atoms with Crippen LogP contribution >= 0.6 is 23.1 Å². The van der Waals surface area contributed by atoms with Crippen LogP contribution in [0.3, 0.4) is 0 Å². The Hall–Kier alpha value is -2.72. The van der Waals surface area contributed by atoms with Crippen molar-refractivity contribution in [3.05, 3.63) is 45.0 Å². The third-order valence-electron chi connectivity index (χ3n) is 4.59. The van der Waals surface area contributed by atoms with Gasteiger partial charge in [-0.05, 0) is 43.4 Å². The Morgan fingerprint density at radius 1 is 1.21 bits per heavy atom.